The third-order valence-electron chi connectivity index (χ3n) is 6.38. The van der Waals surface area contributed by atoms with Crippen molar-refractivity contribution in [2.75, 3.05) is 43.4 Å². The lowest BCUT2D eigenvalue weighted by Gasteiger charge is -2.20. The van der Waals surface area contributed by atoms with Gasteiger partial charge in [0.2, 0.25) is 5.91 Å². The van der Waals surface area contributed by atoms with E-state index < -0.39 is 0 Å². The summed E-state index contributed by atoms with van der Waals surface area (Å²) in [5.41, 5.74) is 2.36. The molecule has 35 heavy (non-hydrogen) atoms. The zero-order valence-corrected chi connectivity index (χ0v) is 20.1. The molecule has 186 valence electrons. The Bertz CT molecular complexity index is 1030. The van der Waals surface area contributed by atoms with Gasteiger partial charge < -0.3 is 25.6 Å². The summed E-state index contributed by atoms with van der Waals surface area (Å²) >= 11 is 0. The van der Waals surface area contributed by atoms with Crippen molar-refractivity contribution in [3.05, 3.63) is 59.7 Å². The van der Waals surface area contributed by atoms with Crippen molar-refractivity contribution in [1.29, 1.82) is 0 Å². The molecule has 4 rings (SSSR count). The number of benzene rings is 2. The Hall–Kier alpha value is -3.39. The number of ether oxygens (including phenoxy) is 1. The second-order valence-electron chi connectivity index (χ2n) is 9.11. The lowest BCUT2D eigenvalue weighted by molar-refractivity contribution is -0.114. The van der Waals surface area contributed by atoms with Gasteiger partial charge in [-0.3, -0.25) is 14.4 Å². The molecule has 0 aliphatic carbocycles. The highest BCUT2D eigenvalue weighted by molar-refractivity contribution is 5.98. The largest absolute Gasteiger partial charge is 0.376 e. The lowest BCUT2D eigenvalue weighted by Crippen LogP contribution is -2.32. The molecule has 2 saturated heterocycles. The van der Waals surface area contributed by atoms with E-state index in [0.29, 0.717) is 29.0 Å². The number of hydrogen-bond donors (Lipinski definition) is 3. The predicted octanol–water partition coefficient (Wildman–Crippen LogP) is 3.66. The maximum Gasteiger partial charge on any atom is 0.253 e. The quantitative estimate of drug-likeness (QED) is 0.538. The molecule has 2 aliphatic heterocycles. The average Bonchev–Trinajstić information content (AvgIpc) is 3.26. The van der Waals surface area contributed by atoms with Crippen LogP contribution in [-0.4, -0.2) is 61.5 Å². The topological polar surface area (TPSA) is 99.8 Å². The van der Waals surface area contributed by atoms with Gasteiger partial charge in [-0.25, -0.2) is 0 Å². The van der Waals surface area contributed by atoms with E-state index in [2.05, 4.69) is 16.0 Å². The summed E-state index contributed by atoms with van der Waals surface area (Å²) < 4.78 is 5.54. The third-order valence-corrected chi connectivity index (χ3v) is 6.38. The lowest BCUT2D eigenvalue weighted by atomic mass is 10.1. The van der Waals surface area contributed by atoms with E-state index in [-0.39, 0.29) is 30.4 Å². The zero-order chi connectivity index (χ0) is 24.5. The van der Waals surface area contributed by atoms with E-state index in [9.17, 15) is 14.4 Å². The highest BCUT2D eigenvalue weighted by Gasteiger charge is 2.18. The van der Waals surface area contributed by atoms with Crippen LogP contribution in [-0.2, 0) is 9.53 Å². The summed E-state index contributed by atoms with van der Waals surface area (Å²) in [4.78, 5) is 39.7. The number of anilines is 2. The van der Waals surface area contributed by atoms with Crippen molar-refractivity contribution in [2.24, 2.45) is 0 Å². The highest BCUT2D eigenvalue weighted by Crippen LogP contribution is 2.17. The van der Waals surface area contributed by atoms with E-state index in [1.54, 1.807) is 42.5 Å². The van der Waals surface area contributed by atoms with Gasteiger partial charge in [0.25, 0.3) is 11.8 Å². The molecule has 0 radical (unpaired) electrons. The molecule has 3 N–H and O–H groups in total. The third kappa shape index (κ3) is 7.29. The van der Waals surface area contributed by atoms with Gasteiger partial charge in [0.05, 0.1) is 12.6 Å². The number of hydrogen-bond acceptors (Lipinski definition) is 5. The first-order valence-corrected chi connectivity index (χ1v) is 12.5. The van der Waals surface area contributed by atoms with E-state index in [1.807, 2.05) is 11.0 Å². The summed E-state index contributed by atoms with van der Waals surface area (Å²) in [6, 6.07) is 14.1. The van der Waals surface area contributed by atoms with E-state index in [4.69, 9.17) is 4.74 Å². The first-order valence-electron chi connectivity index (χ1n) is 12.5. The Balaban J connectivity index is 1.27. The average molecular weight is 479 g/mol. The van der Waals surface area contributed by atoms with Gasteiger partial charge in [-0.15, -0.1) is 0 Å². The fourth-order valence-electron chi connectivity index (χ4n) is 4.46. The molecule has 0 spiro atoms. The summed E-state index contributed by atoms with van der Waals surface area (Å²) in [5, 5.41) is 8.81. The van der Waals surface area contributed by atoms with E-state index in [0.717, 1.165) is 58.2 Å². The number of rotatable bonds is 8. The zero-order valence-electron chi connectivity index (χ0n) is 20.1. The van der Waals surface area contributed by atoms with Crippen LogP contribution in [0.2, 0.25) is 0 Å². The van der Waals surface area contributed by atoms with Crippen LogP contribution >= 0.6 is 0 Å². The van der Waals surface area contributed by atoms with Crippen molar-refractivity contribution in [1.82, 2.24) is 10.2 Å². The minimum atomic E-state index is -0.238. The van der Waals surface area contributed by atoms with Gasteiger partial charge in [-0.1, -0.05) is 25.0 Å². The standard InChI is InChI=1S/C27H34N4O4/c32-25(30-23-11-6-9-21(17-23)27(34)31-13-3-1-2-4-14-31)19-28-22-10-5-8-20(16-22)26(33)29-18-24-12-7-15-35-24/h5-6,8-11,16-17,24,28H,1-4,7,12-15,18-19H2,(H,29,33)(H,30,32). The number of likely N-dealkylation sites (tertiary alicyclic amines) is 1. The van der Waals surface area contributed by atoms with Gasteiger partial charge in [-0.2, -0.15) is 0 Å². The minimum Gasteiger partial charge on any atom is -0.376 e. The van der Waals surface area contributed by atoms with Crippen molar-refractivity contribution in [3.8, 4) is 0 Å². The van der Waals surface area contributed by atoms with Gasteiger partial charge in [0, 0.05) is 48.7 Å². The van der Waals surface area contributed by atoms with Crippen molar-refractivity contribution >= 4 is 29.1 Å². The van der Waals surface area contributed by atoms with Crippen molar-refractivity contribution < 1.29 is 19.1 Å². The van der Waals surface area contributed by atoms with Crippen molar-refractivity contribution in [2.45, 2.75) is 44.6 Å². The predicted molar refractivity (Wildman–Crippen MR) is 136 cm³/mol. The molecular formula is C27H34N4O4. The molecule has 2 aromatic rings. The maximum atomic E-state index is 12.9. The minimum absolute atomic E-state index is 0.00992. The summed E-state index contributed by atoms with van der Waals surface area (Å²) in [7, 11) is 0. The summed E-state index contributed by atoms with van der Waals surface area (Å²) in [5.74, 6) is -0.396. The summed E-state index contributed by atoms with van der Waals surface area (Å²) in [6.07, 6.45) is 6.47. The molecule has 0 aromatic heterocycles. The number of amides is 3. The van der Waals surface area contributed by atoms with E-state index >= 15 is 0 Å². The smallest absolute Gasteiger partial charge is 0.253 e. The number of nitrogens with one attached hydrogen (secondary N) is 3. The van der Waals surface area contributed by atoms with Crippen LogP contribution in [0.3, 0.4) is 0 Å². The van der Waals surface area contributed by atoms with Gasteiger partial charge in [-0.05, 0) is 62.1 Å². The Morgan fingerprint density at radius 1 is 0.886 bits per heavy atom. The number of carbonyl (C=O) groups excluding carboxylic acids is 3. The Morgan fingerprint density at radius 2 is 1.60 bits per heavy atom. The number of nitrogens with zero attached hydrogens (tertiary/aromatic N) is 1. The van der Waals surface area contributed by atoms with Crippen LogP contribution < -0.4 is 16.0 Å². The molecule has 3 amide bonds. The van der Waals surface area contributed by atoms with Crippen LogP contribution in [0.25, 0.3) is 0 Å². The van der Waals surface area contributed by atoms with Crippen LogP contribution in [0.15, 0.2) is 48.5 Å². The molecule has 0 bridgehead atoms. The van der Waals surface area contributed by atoms with Gasteiger partial charge in [0.1, 0.15) is 0 Å². The van der Waals surface area contributed by atoms with Gasteiger partial charge >= 0.3 is 0 Å². The number of carbonyl (C=O) groups is 3. The second-order valence-corrected chi connectivity index (χ2v) is 9.11. The van der Waals surface area contributed by atoms with Crippen LogP contribution in [0.5, 0.6) is 0 Å². The Labute approximate surface area is 206 Å². The van der Waals surface area contributed by atoms with Crippen LogP contribution in [0.1, 0.15) is 59.2 Å². The molecule has 1 unspecified atom stereocenters. The van der Waals surface area contributed by atoms with Crippen LogP contribution in [0.4, 0.5) is 11.4 Å². The molecular weight excluding hydrogens is 444 g/mol. The maximum absolute atomic E-state index is 12.9. The second kappa shape index (κ2) is 12.4. The monoisotopic (exact) mass is 478 g/mol. The molecule has 2 heterocycles. The normalized spacial score (nSPS) is 17.9. The molecule has 2 aliphatic rings. The Kier molecular flexibility index (Phi) is 8.73. The fourth-order valence-corrected chi connectivity index (χ4v) is 4.46. The Morgan fingerprint density at radius 3 is 2.34 bits per heavy atom. The molecule has 0 saturated carbocycles. The van der Waals surface area contributed by atoms with Crippen LogP contribution in [0, 0.1) is 0 Å². The SMILES string of the molecule is O=C(CNc1cccc(C(=O)NCC2CCCO2)c1)Nc1cccc(C(=O)N2CCCCCC2)c1. The van der Waals surface area contributed by atoms with Gasteiger partial charge in [0.15, 0.2) is 0 Å². The molecule has 8 heteroatoms. The molecule has 1 atom stereocenters. The molecule has 2 aromatic carbocycles. The first-order chi connectivity index (χ1) is 17.1. The molecule has 8 nitrogen and oxygen atoms in total. The van der Waals surface area contributed by atoms with E-state index in [1.165, 1.54) is 0 Å². The van der Waals surface area contributed by atoms with Crippen molar-refractivity contribution in [3.63, 3.8) is 0 Å². The summed E-state index contributed by atoms with van der Waals surface area (Å²) in [6.45, 7) is 2.85. The first kappa shape index (κ1) is 24.7. The molecule has 2 fully saturated rings. The fraction of sp³-hybridized carbons (Fsp3) is 0.444. The highest BCUT2D eigenvalue weighted by atomic mass is 16.5.